The zero-order chi connectivity index (χ0) is 29.9. The zero-order valence-electron chi connectivity index (χ0n) is 25.7. The van der Waals surface area contributed by atoms with Crippen LogP contribution in [0.5, 0.6) is 0 Å². The van der Waals surface area contributed by atoms with E-state index in [1.165, 1.54) is 5.39 Å². The van der Waals surface area contributed by atoms with Gasteiger partial charge in [-0.15, -0.1) is 0 Å². The molecular formula is C40H26. The van der Waals surface area contributed by atoms with Crippen LogP contribution in [0.25, 0.3) is 76.5 Å². The van der Waals surface area contributed by atoms with Gasteiger partial charge >= 0.3 is 0 Å². The Morgan fingerprint density at radius 1 is 0.300 bits per heavy atom. The van der Waals surface area contributed by atoms with Gasteiger partial charge in [0.25, 0.3) is 0 Å². The van der Waals surface area contributed by atoms with Gasteiger partial charge in [-0.2, -0.15) is 0 Å². The van der Waals surface area contributed by atoms with Gasteiger partial charge in [0.2, 0.25) is 0 Å². The molecule has 0 aliphatic heterocycles. The summed E-state index contributed by atoms with van der Waals surface area (Å²) in [6.45, 7) is 0. The van der Waals surface area contributed by atoms with Gasteiger partial charge < -0.3 is 0 Å². The molecule has 0 aliphatic carbocycles. The SMILES string of the molecule is [2H]c1c([2H])c(-c2c3ccccc3c(-c3ccc4ccccc4c3)c3ccccc23)c([2H])c([2H])c1-c1ccc2ccccc2c1. The molecule has 0 radical (unpaired) electrons. The lowest BCUT2D eigenvalue weighted by Crippen LogP contribution is -1.91. The summed E-state index contributed by atoms with van der Waals surface area (Å²) in [4.78, 5) is 0. The van der Waals surface area contributed by atoms with E-state index in [1.807, 2.05) is 84.9 Å². The second-order valence-corrected chi connectivity index (χ2v) is 10.2. The standard InChI is InChI=1S/C40H26/c1-3-11-31-25-33(23-19-27(31)9-1)29-17-21-30(22-18-29)39-35-13-5-7-15-37(35)40(38-16-8-6-14-36(38)39)34-24-20-28-10-2-4-12-32(28)26-34/h1-26H/i17D,18D,21D,22D. The number of hydrogen-bond acceptors (Lipinski definition) is 0. The highest BCUT2D eigenvalue weighted by Crippen LogP contribution is 2.44. The van der Waals surface area contributed by atoms with E-state index in [4.69, 9.17) is 2.74 Å². The zero-order valence-corrected chi connectivity index (χ0v) is 21.7. The van der Waals surface area contributed by atoms with Crippen LogP contribution in [0.2, 0.25) is 0 Å². The first kappa shape index (κ1) is 19.0. The van der Waals surface area contributed by atoms with Crippen molar-refractivity contribution in [2.45, 2.75) is 0 Å². The maximum Gasteiger partial charge on any atom is 0.0629 e. The molecule has 40 heavy (non-hydrogen) atoms. The number of rotatable bonds is 3. The normalized spacial score (nSPS) is 12.9. The highest BCUT2D eigenvalue weighted by atomic mass is 14.2. The summed E-state index contributed by atoms with van der Waals surface area (Å²) >= 11 is 0. The third-order valence-corrected chi connectivity index (χ3v) is 7.88. The van der Waals surface area contributed by atoms with Crippen LogP contribution in [0.4, 0.5) is 0 Å². The topological polar surface area (TPSA) is 0 Å². The second kappa shape index (κ2) is 9.22. The number of hydrogen-bond donors (Lipinski definition) is 0. The van der Waals surface area contributed by atoms with Crippen LogP contribution in [0.1, 0.15) is 5.48 Å². The molecule has 0 unspecified atom stereocenters. The molecule has 0 heteroatoms. The lowest BCUT2D eigenvalue weighted by Gasteiger charge is -2.18. The molecule has 0 aliphatic rings. The fourth-order valence-electron chi connectivity index (χ4n) is 5.98. The Hall–Kier alpha value is -5.20. The Kier molecular flexibility index (Phi) is 4.37. The molecule has 0 N–H and O–H groups in total. The smallest absolute Gasteiger partial charge is 0.0616 e. The Balaban J connectivity index is 1.44. The summed E-state index contributed by atoms with van der Waals surface area (Å²) in [5.74, 6) is 0. The lowest BCUT2D eigenvalue weighted by atomic mass is 9.85. The largest absolute Gasteiger partial charge is 0.0629 e. The average Bonchev–Trinajstić information content (AvgIpc) is 3.07. The first-order valence-corrected chi connectivity index (χ1v) is 13.5. The van der Waals surface area contributed by atoms with Crippen LogP contribution < -0.4 is 0 Å². The van der Waals surface area contributed by atoms with Crippen molar-refractivity contribution in [3.63, 3.8) is 0 Å². The molecule has 0 saturated carbocycles. The van der Waals surface area contributed by atoms with Crippen LogP contribution in [-0.2, 0) is 0 Å². The van der Waals surface area contributed by atoms with Gasteiger partial charge in [-0.05, 0) is 88.6 Å². The molecule has 0 atom stereocenters. The Morgan fingerprint density at radius 2 is 0.675 bits per heavy atom. The molecule has 0 saturated heterocycles. The summed E-state index contributed by atoms with van der Waals surface area (Å²) in [5.41, 5.74) is 4.22. The van der Waals surface area contributed by atoms with E-state index < -0.39 is 0 Å². The summed E-state index contributed by atoms with van der Waals surface area (Å²) in [6.07, 6.45) is 0. The van der Waals surface area contributed by atoms with Gasteiger partial charge in [-0.1, -0.05) is 145 Å². The first-order chi connectivity index (χ1) is 21.5. The minimum Gasteiger partial charge on any atom is -0.0616 e. The highest BCUT2D eigenvalue weighted by molar-refractivity contribution is 6.21. The summed E-state index contributed by atoms with van der Waals surface area (Å²) in [5, 5.41) is 8.20. The van der Waals surface area contributed by atoms with Gasteiger partial charge in [0.15, 0.2) is 0 Å². The van der Waals surface area contributed by atoms with Crippen LogP contribution in [0, 0.1) is 0 Å². The van der Waals surface area contributed by atoms with E-state index in [-0.39, 0.29) is 24.2 Å². The van der Waals surface area contributed by atoms with Crippen molar-refractivity contribution in [2.75, 3.05) is 0 Å². The molecule has 0 amide bonds. The molecule has 0 aromatic heterocycles. The second-order valence-electron chi connectivity index (χ2n) is 10.2. The fourth-order valence-corrected chi connectivity index (χ4v) is 5.98. The molecule has 8 aromatic rings. The molecule has 0 heterocycles. The van der Waals surface area contributed by atoms with Crippen molar-refractivity contribution in [2.24, 2.45) is 0 Å². The predicted octanol–water partition coefficient (Wildman–Crippen LogP) is 11.3. The van der Waals surface area contributed by atoms with Crippen molar-refractivity contribution in [1.82, 2.24) is 0 Å². The molecule has 0 fully saturated rings. The minimum atomic E-state index is -0.0390. The molecular weight excluding hydrogens is 480 g/mol. The summed E-state index contributed by atoms with van der Waals surface area (Å²) in [7, 11) is 0. The Labute approximate surface area is 239 Å². The minimum absolute atomic E-state index is 0.0388. The van der Waals surface area contributed by atoms with E-state index in [0.29, 0.717) is 16.7 Å². The third kappa shape index (κ3) is 3.69. The van der Waals surface area contributed by atoms with E-state index in [2.05, 4.69) is 48.5 Å². The van der Waals surface area contributed by atoms with Crippen LogP contribution in [0.15, 0.2) is 158 Å². The van der Waals surface area contributed by atoms with Crippen molar-refractivity contribution in [1.29, 1.82) is 0 Å². The van der Waals surface area contributed by atoms with Gasteiger partial charge in [-0.3, -0.25) is 0 Å². The quantitative estimate of drug-likeness (QED) is 0.207. The van der Waals surface area contributed by atoms with Crippen molar-refractivity contribution in [3.8, 4) is 33.4 Å². The first-order valence-electron chi connectivity index (χ1n) is 15.5. The molecule has 186 valence electrons. The maximum absolute atomic E-state index is 9.29. The molecule has 0 nitrogen and oxygen atoms in total. The lowest BCUT2D eigenvalue weighted by molar-refractivity contribution is 1.63. The number of benzene rings is 8. The maximum atomic E-state index is 9.29. The van der Waals surface area contributed by atoms with Gasteiger partial charge in [0, 0.05) is 0 Å². The van der Waals surface area contributed by atoms with E-state index in [9.17, 15) is 2.74 Å². The van der Waals surface area contributed by atoms with E-state index in [0.717, 1.165) is 54.4 Å². The summed E-state index contributed by atoms with van der Waals surface area (Å²) in [6, 6.07) is 44.7. The monoisotopic (exact) mass is 510 g/mol. The fraction of sp³-hybridized carbons (Fsp3) is 0. The van der Waals surface area contributed by atoms with E-state index >= 15 is 0 Å². The molecule has 0 spiro atoms. The third-order valence-electron chi connectivity index (χ3n) is 7.88. The van der Waals surface area contributed by atoms with Crippen LogP contribution in [-0.4, -0.2) is 0 Å². The van der Waals surface area contributed by atoms with E-state index in [1.54, 1.807) is 0 Å². The predicted molar refractivity (Wildman–Crippen MR) is 173 cm³/mol. The van der Waals surface area contributed by atoms with Crippen LogP contribution >= 0.6 is 0 Å². The van der Waals surface area contributed by atoms with Gasteiger partial charge in [0.1, 0.15) is 0 Å². The number of fused-ring (bicyclic) bond motifs is 4. The molecule has 8 rings (SSSR count). The van der Waals surface area contributed by atoms with Crippen molar-refractivity contribution < 1.29 is 5.48 Å². The van der Waals surface area contributed by atoms with Crippen molar-refractivity contribution in [3.05, 3.63) is 158 Å². The summed E-state index contributed by atoms with van der Waals surface area (Å²) < 4.78 is 36.9. The highest BCUT2D eigenvalue weighted by Gasteiger charge is 2.16. The molecule has 0 bridgehead atoms. The average molecular weight is 511 g/mol. The molecule has 8 aromatic carbocycles. The Bertz CT molecular complexity index is 2350. The van der Waals surface area contributed by atoms with Gasteiger partial charge in [-0.25, -0.2) is 0 Å². The Morgan fingerprint density at radius 3 is 1.20 bits per heavy atom. The van der Waals surface area contributed by atoms with Crippen LogP contribution in [0.3, 0.4) is 0 Å². The van der Waals surface area contributed by atoms with Gasteiger partial charge in [0.05, 0.1) is 5.48 Å². The van der Waals surface area contributed by atoms with Crippen molar-refractivity contribution >= 4 is 43.1 Å².